The van der Waals surface area contributed by atoms with Crippen LogP contribution < -0.4 is 4.74 Å². The molecule has 0 aliphatic carbocycles. The van der Waals surface area contributed by atoms with E-state index in [-0.39, 0.29) is 12.5 Å². The first kappa shape index (κ1) is 15.1. The van der Waals surface area contributed by atoms with E-state index in [0.29, 0.717) is 5.75 Å². The van der Waals surface area contributed by atoms with Gasteiger partial charge in [0, 0.05) is 10.8 Å². The Kier molecular flexibility index (Phi) is 5.03. The molecule has 0 radical (unpaired) electrons. The first-order chi connectivity index (χ1) is 8.82. The second kappa shape index (κ2) is 6.31. The van der Waals surface area contributed by atoms with Crippen LogP contribution in [0.5, 0.6) is 5.75 Å². The van der Waals surface area contributed by atoms with Crippen LogP contribution in [0.15, 0.2) is 18.2 Å². The number of aryl methyl sites for hydroxylation is 2. The molecule has 0 saturated carbocycles. The van der Waals surface area contributed by atoms with Gasteiger partial charge in [0.1, 0.15) is 5.75 Å². The van der Waals surface area contributed by atoms with Gasteiger partial charge in [0.25, 0.3) is 0 Å². The van der Waals surface area contributed by atoms with Crippen molar-refractivity contribution in [2.24, 2.45) is 11.8 Å². The predicted octanol–water partition coefficient (Wildman–Crippen LogP) is 2.76. The summed E-state index contributed by atoms with van der Waals surface area (Å²) < 4.78 is 5.38. The van der Waals surface area contributed by atoms with Crippen molar-refractivity contribution in [3.8, 4) is 5.75 Å². The number of benzene rings is 1. The molecule has 5 heteroatoms. The average molecular weight is 265 g/mol. The van der Waals surface area contributed by atoms with Gasteiger partial charge in [-0.3, -0.25) is 14.9 Å². The molecule has 5 nitrogen and oxygen atoms in total. The minimum absolute atomic E-state index is 0.233. The van der Waals surface area contributed by atoms with Crippen LogP contribution in [0.2, 0.25) is 0 Å². The van der Waals surface area contributed by atoms with E-state index in [1.54, 1.807) is 13.8 Å². The molecule has 0 aliphatic heterocycles. The lowest BCUT2D eigenvalue weighted by atomic mass is 9.96. The fraction of sp³-hybridized carbons (Fsp3) is 0.500. The van der Waals surface area contributed by atoms with Crippen molar-refractivity contribution in [1.82, 2.24) is 0 Å². The maximum Gasteiger partial charge on any atom is 0.314 e. The maximum atomic E-state index is 12.0. The van der Waals surface area contributed by atoms with Gasteiger partial charge in [0.05, 0.1) is 5.92 Å². The molecule has 0 spiro atoms. The highest BCUT2D eigenvalue weighted by molar-refractivity contribution is 5.75. The molecule has 0 amide bonds. The minimum Gasteiger partial charge on any atom is -0.426 e. The van der Waals surface area contributed by atoms with Crippen molar-refractivity contribution in [3.63, 3.8) is 0 Å². The van der Waals surface area contributed by atoms with Crippen LogP contribution in [0.4, 0.5) is 0 Å². The fourth-order valence-electron chi connectivity index (χ4n) is 1.78. The summed E-state index contributed by atoms with van der Waals surface area (Å²) in [4.78, 5) is 22.0. The number of hydrogen-bond acceptors (Lipinski definition) is 4. The van der Waals surface area contributed by atoms with E-state index in [9.17, 15) is 14.9 Å². The first-order valence-corrected chi connectivity index (χ1v) is 6.22. The Morgan fingerprint density at radius 3 is 2.32 bits per heavy atom. The van der Waals surface area contributed by atoms with E-state index < -0.39 is 16.8 Å². The number of hydrogen-bond donors (Lipinski definition) is 0. The van der Waals surface area contributed by atoms with Crippen LogP contribution in [-0.2, 0) is 4.79 Å². The number of carbonyl (C=O) groups excluding carboxylic acids is 1. The molecule has 1 rings (SSSR count). The van der Waals surface area contributed by atoms with Crippen LogP contribution in [0, 0.1) is 35.8 Å². The van der Waals surface area contributed by atoms with Gasteiger partial charge < -0.3 is 4.74 Å². The smallest absolute Gasteiger partial charge is 0.314 e. The molecule has 104 valence electrons. The lowest BCUT2D eigenvalue weighted by molar-refractivity contribution is -0.488. The summed E-state index contributed by atoms with van der Waals surface area (Å²) in [5, 5.41) is 10.5. The third-order valence-electron chi connectivity index (χ3n) is 3.27. The monoisotopic (exact) mass is 265 g/mol. The number of nitrogens with zero attached hydrogens (tertiary/aromatic N) is 1. The Morgan fingerprint density at radius 2 is 1.84 bits per heavy atom. The maximum absolute atomic E-state index is 12.0. The summed E-state index contributed by atoms with van der Waals surface area (Å²) in [6, 6.07) is 5.61. The fourth-order valence-corrected chi connectivity index (χ4v) is 1.78. The zero-order chi connectivity index (χ0) is 14.6. The Morgan fingerprint density at radius 1 is 1.32 bits per heavy atom. The van der Waals surface area contributed by atoms with Gasteiger partial charge in [0.2, 0.25) is 6.54 Å². The molecule has 0 bridgehead atoms. The van der Waals surface area contributed by atoms with E-state index >= 15 is 0 Å². The summed E-state index contributed by atoms with van der Waals surface area (Å²) >= 11 is 0. The number of nitro groups is 1. The van der Waals surface area contributed by atoms with Gasteiger partial charge in [-0.15, -0.1) is 0 Å². The molecule has 0 fully saturated rings. The first-order valence-electron chi connectivity index (χ1n) is 6.22. The Bertz CT molecular complexity index is 464. The zero-order valence-electron chi connectivity index (χ0n) is 11.7. The van der Waals surface area contributed by atoms with Crippen molar-refractivity contribution in [2.45, 2.75) is 27.7 Å². The minimum atomic E-state index is -0.510. The van der Waals surface area contributed by atoms with Gasteiger partial charge in [-0.25, -0.2) is 0 Å². The SMILES string of the molecule is Cc1cccc(C)c1OC(=O)C(C)C(C)C[N+](=O)[O-]. The van der Waals surface area contributed by atoms with Crippen molar-refractivity contribution >= 4 is 5.97 Å². The molecule has 19 heavy (non-hydrogen) atoms. The molecule has 0 aliphatic rings. The molecule has 0 aromatic heterocycles. The van der Waals surface area contributed by atoms with E-state index in [1.807, 2.05) is 32.0 Å². The molecular formula is C14H19NO4. The third kappa shape index (κ3) is 4.05. The summed E-state index contributed by atoms with van der Waals surface area (Å²) in [6.07, 6.45) is 0. The molecule has 2 unspecified atom stereocenters. The van der Waals surface area contributed by atoms with Crippen molar-refractivity contribution < 1.29 is 14.5 Å². The van der Waals surface area contributed by atoms with Crippen LogP contribution in [0.25, 0.3) is 0 Å². The summed E-state index contributed by atoms with van der Waals surface area (Å²) in [7, 11) is 0. The average Bonchev–Trinajstić information content (AvgIpc) is 2.32. The lowest BCUT2D eigenvalue weighted by Gasteiger charge is -2.17. The lowest BCUT2D eigenvalue weighted by Crippen LogP contribution is -2.28. The normalized spacial score (nSPS) is 13.7. The second-order valence-corrected chi connectivity index (χ2v) is 4.92. The van der Waals surface area contributed by atoms with E-state index in [1.165, 1.54) is 0 Å². The standard InChI is InChI=1S/C14H19NO4/c1-9-6-5-7-10(2)13(9)19-14(16)12(4)11(3)8-15(17)18/h5-7,11-12H,8H2,1-4H3. The topological polar surface area (TPSA) is 69.4 Å². The molecule has 1 aromatic rings. The molecule has 0 saturated heterocycles. The molecule has 0 N–H and O–H groups in total. The van der Waals surface area contributed by atoms with Crippen LogP contribution in [-0.4, -0.2) is 17.4 Å². The van der Waals surface area contributed by atoms with Gasteiger partial charge in [0.15, 0.2) is 0 Å². The Hall–Kier alpha value is -1.91. The van der Waals surface area contributed by atoms with E-state index in [0.717, 1.165) is 11.1 Å². The summed E-state index contributed by atoms with van der Waals surface area (Å²) in [5.74, 6) is -0.740. The molecule has 0 heterocycles. The number of carbonyl (C=O) groups is 1. The van der Waals surface area contributed by atoms with Crippen molar-refractivity contribution in [3.05, 3.63) is 39.4 Å². The van der Waals surface area contributed by atoms with Gasteiger partial charge in [-0.1, -0.05) is 32.0 Å². The molecule has 2 atom stereocenters. The number of para-hydroxylation sites is 1. The number of rotatable bonds is 5. The molecular weight excluding hydrogens is 246 g/mol. The largest absolute Gasteiger partial charge is 0.426 e. The summed E-state index contributed by atoms with van der Waals surface area (Å²) in [6.45, 7) is 6.83. The van der Waals surface area contributed by atoms with Crippen LogP contribution in [0.3, 0.4) is 0 Å². The zero-order valence-corrected chi connectivity index (χ0v) is 11.7. The van der Waals surface area contributed by atoms with Crippen LogP contribution in [0.1, 0.15) is 25.0 Å². The molecule has 1 aromatic carbocycles. The van der Waals surface area contributed by atoms with Gasteiger partial charge >= 0.3 is 5.97 Å². The Balaban J connectivity index is 2.77. The van der Waals surface area contributed by atoms with Gasteiger partial charge in [-0.2, -0.15) is 0 Å². The van der Waals surface area contributed by atoms with Crippen LogP contribution >= 0.6 is 0 Å². The highest BCUT2D eigenvalue weighted by Crippen LogP contribution is 2.24. The van der Waals surface area contributed by atoms with Crippen molar-refractivity contribution in [1.29, 1.82) is 0 Å². The van der Waals surface area contributed by atoms with Crippen molar-refractivity contribution in [2.75, 3.05) is 6.54 Å². The van der Waals surface area contributed by atoms with E-state index in [4.69, 9.17) is 4.74 Å². The number of esters is 1. The summed E-state index contributed by atoms with van der Waals surface area (Å²) in [5.41, 5.74) is 1.75. The van der Waals surface area contributed by atoms with E-state index in [2.05, 4.69) is 0 Å². The highest BCUT2D eigenvalue weighted by atomic mass is 16.6. The highest BCUT2D eigenvalue weighted by Gasteiger charge is 2.26. The predicted molar refractivity (Wildman–Crippen MR) is 71.7 cm³/mol. The third-order valence-corrected chi connectivity index (χ3v) is 3.27. The Labute approximate surface area is 112 Å². The van der Waals surface area contributed by atoms with Gasteiger partial charge in [-0.05, 0) is 25.0 Å². The number of ether oxygens (including phenoxy) is 1. The quantitative estimate of drug-likeness (QED) is 0.355. The second-order valence-electron chi connectivity index (χ2n) is 4.92.